The number of methoxy groups -OCH3 is 3. The number of benzene rings is 1. The molecule has 3 heterocycles. The van der Waals surface area contributed by atoms with E-state index in [0.717, 1.165) is 24.0 Å². The number of ketones is 2. The molecule has 14 nitrogen and oxygen atoms in total. The van der Waals surface area contributed by atoms with Crippen LogP contribution in [-0.4, -0.2) is 121 Å². The number of carbonyl (C=O) groups is 5. The zero-order valence-corrected chi connectivity index (χ0v) is 40.9. The van der Waals surface area contributed by atoms with Gasteiger partial charge >= 0.3 is 5.97 Å². The molecule has 1 aliphatic carbocycles. The topological polar surface area (TPSA) is 187 Å². The van der Waals surface area contributed by atoms with Crippen molar-refractivity contribution in [2.75, 3.05) is 27.9 Å². The molecule has 3 fully saturated rings. The van der Waals surface area contributed by atoms with Gasteiger partial charge in [0.15, 0.2) is 0 Å². The Morgan fingerprint density at radius 2 is 1.61 bits per heavy atom. The number of aliphatic hydroxyl groups is 2. The first kappa shape index (κ1) is 53.2. The Labute approximate surface area is 392 Å². The molecule has 3 N–H and O–H groups in total. The van der Waals surface area contributed by atoms with Gasteiger partial charge in [-0.05, 0) is 107 Å². The van der Waals surface area contributed by atoms with E-state index in [0.29, 0.717) is 57.1 Å². The molecule has 0 spiro atoms. The van der Waals surface area contributed by atoms with Crippen LogP contribution in [0.4, 0.5) is 0 Å². The van der Waals surface area contributed by atoms with Gasteiger partial charge in [-0.2, -0.15) is 0 Å². The van der Waals surface area contributed by atoms with Gasteiger partial charge in [0.1, 0.15) is 24.0 Å². The van der Waals surface area contributed by atoms with Crippen molar-refractivity contribution in [2.24, 2.45) is 35.5 Å². The van der Waals surface area contributed by atoms with Crippen molar-refractivity contribution in [3.8, 4) is 0 Å². The summed E-state index contributed by atoms with van der Waals surface area (Å²) in [6.07, 6.45) is 5.01. The molecule has 4 aliphatic rings. The lowest BCUT2D eigenvalue weighted by atomic mass is 9.76. The Kier molecular flexibility index (Phi) is 19.7. The molecule has 368 valence electrons. The first-order chi connectivity index (χ1) is 31.4. The molecule has 1 aromatic rings. The van der Waals surface area contributed by atoms with Crippen LogP contribution in [0.2, 0.25) is 0 Å². The summed E-state index contributed by atoms with van der Waals surface area (Å²) in [7, 11) is 4.72. The van der Waals surface area contributed by atoms with E-state index in [1.807, 2.05) is 63.3 Å². The van der Waals surface area contributed by atoms with E-state index in [1.165, 1.54) is 19.1 Å². The second kappa shape index (κ2) is 24.5. The number of aliphatic hydroxyl groups excluding tert-OH is 1. The molecule has 1 aromatic carbocycles. The van der Waals surface area contributed by atoms with E-state index in [9.17, 15) is 34.2 Å². The van der Waals surface area contributed by atoms with Crippen LogP contribution in [0, 0.1) is 35.5 Å². The number of hydrogen-bond acceptors (Lipinski definition) is 12. The van der Waals surface area contributed by atoms with Crippen molar-refractivity contribution >= 4 is 29.4 Å². The zero-order chi connectivity index (χ0) is 48.3. The van der Waals surface area contributed by atoms with E-state index in [-0.39, 0.29) is 61.4 Å². The third kappa shape index (κ3) is 13.3. The monoisotopic (exact) mass is 923 g/mol. The predicted octanol–water partition coefficient (Wildman–Crippen LogP) is 6.43. The van der Waals surface area contributed by atoms with Crippen molar-refractivity contribution in [2.45, 2.75) is 174 Å². The fourth-order valence-electron chi connectivity index (χ4n) is 10.8. The Hall–Kier alpha value is -3.79. The lowest BCUT2D eigenvalue weighted by Crippen LogP contribution is -2.64. The number of allylic oxidation sites excluding steroid dienone is 3. The van der Waals surface area contributed by atoms with E-state index < -0.39 is 77.8 Å². The van der Waals surface area contributed by atoms with E-state index in [2.05, 4.69) is 12.2 Å². The molecule has 14 unspecified atom stereocenters. The van der Waals surface area contributed by atoms with Gasteiger partial charge in [-0.15, -0.1) is 0 Å². The fourth-order valence-corrected chi connectivity index (χ4v) is 10.8. The highest BCUT2D eigenvalue weighted by Gasteiger charge is 2.56. The highest BCUT2D eigenvalue weighted by Crippen LogP contribution is 2.40. The van der Waals surface area contributed by atoms with E-state index in [1.54, 1.807) is 21.0 Å². The first-order valence-electron chi connectivity index (χ1n) is 24.4. The third-order valence-corrected chi connectivity index (χ3v) is 14.8. The highest BCUT2D eigenvalue weighted by molar-refractivity contribution is 6.39. The number of piperidine rings is 1. The largest absolute Gasteiger partial charge is 0.456 e. The number of nitrogens with one attached hydrogen (secondary N) is 1. The number of esters is 1. The Bertz CT molecular complexity index is 1870. The number of cyclic esters (lactones) is 1. The molecule has 14 atom stereocenters. The van der Waals surface area contributed by atoms with Crippen LogP contribution in [0.5, 0.6) is 0 Å². The SMILES string of the molecule is CCC1/C=C(\C)CC(C)CC(OC)C2OC(O)(C(=O)C(=O)N3CCCCC3C(=O)OC(C(C)=CC3CCC(CC(=O)NCc4ccccc4)C(OC)C3)C(C)C(O)CC1=O)C(C)CC2OC. The van der Waals surface area contributed by atoms with Crippen LogP contribution in [-0.2, 0) is 54.2 Å². The quantitative estimate of drug-likeness (QED) is 0.133. The molecular weight excluding hydrogens is 845 g/mol. The molecule has 0 radical (unpaired) electrons. The summed E-state index contributed by atoms with van der Waals surface area (Å²) < 4.78 is 30.4. The van der Waals surface area contributed by atoms with Gasteiger partial charge in [0, 0.05) is 65.0 Å². The lowest BCUT2D eigenvalue weighted by Gasteiger charge is -2.47. The molecule has 5 rings (SSSR count). The summed E-state index contributed by atoms with van der Waals surface area (Å²) in [5, 5.41) is 27.0. The Morgan fingerprint density at radius 1 is 0.924 bits per heavy atom. The van der Waals surface area contributed by atoms with Gasteiger partial charge in [0.05, 0.1) is 24.4 Å². The molecule has 2 bridgehead atoms. The van der Waals surface area contributed by atoms with Crippen LogP contribution in [0.1, 0.15) is 124 Å². The van der Waals surface area contributed by atoms with Crippen molar-refractivity contribution < 1.29 is 57.9 Å². The van der Waals surface area contributed by atoms with Crippen LogP contribution < -0.4 is 5.32 Å². The molecule has 66 heavy (non-hydrogen) atoms. The van der Waals surface area contributed by atoms with E-state index >= 15 is 0 Å². The lowest BCUT2D eigenvalue weighted by molar-refractivity contribution is -0.302. The minimum atomic E-state index is -2.52. The normalized spacial score (nSPS) is 36.9. The van der Waals surface area contributed by atoms with Crippen molar-refractivity contribution in [3.05, 3.63) is 59.2 Å². The Morgan fingerprint density at radius 3 is 2.27 bits per heavy atom. The number of rotatable bonds is 10. The number of carbonyl (C=O) groups excluding carboxylic acids is 5. The molecule has 1 saturated carbocycles. The molecule has 14 heteroatoms. The number of ether oxygens (including phenoxy) is 5. The van der Waals surface area contributed by atoms with Gasteiger partial charge in [-0.1, -0.05) is 75.8 Å². The van der Waals surface area contributed by atoms with Gasteiger partial charge in [0.2, 0.25) is 11.7 Å². The summed E-state index contributed by atoms with van der Waals surface area (Å²) in [5.41, 5.74) is 2.68. The third-order valence-electron chi connectivity index (χ3n) is 14.8. The van der Waals surface area contributed by atoms with Gasteiger partial charge in [-0.25, -0.2) is 4.79 Å². The molecule has 3 aliphatic heterocycles. The van der Waals surface area contributed by atoms with Crippen molar-refractivity contribution in [1.29, 1.82) is 0 Å². The van der Waals surface area contributed by atoms with Crippen molar-refractivity contribution in [3.63, 3.8) is 0 Å². The van der Waals surface area contributed by atoms with Gasteiger partial charge < -0.3 is 44.1 Å². The maximum atomic E-state index is 14.5. The summed E-state index contributed by atoms with van der Waals surface area (Å²) in [6.45, 7) is 11.7. The maximum Gasteiger partial charge on any atom is 0.329 e. The first-order valence-corrected chi connectivity index (χ1v) is 24.4. The van der Waals surface area contributed by atoms with Crippen LogP contribution >= 0.6 is 0 Å². The smallest absolute Gasteiger partial charge is 0.329 e. The number of nitrogens with zero attached hydrogens (tertiary/aromatic N) is 1. The summed E-state index contributed by atoms with van der Waals surface area (Å²) >= 11 is 0. The summed E-state index contributed by atoms with van der Waals surface area (Å²) in [4.78, 5) is 71.4. The van der Waals surface area contributed by atoms with Crippen molar-refractivity contribution in [1.82, 2.24) is 10.2 Å². The summed E-state index contributed by atoms with van der Waals surface area (Å²) in [5.74, 6) is -7.63. The number of Topliss-reactive ketones (excluding diaryl/α,β-unsaturated/α-hetero) is 2. The predicted molar refractivity (Wildman–Crippen MR) is 248 cm³/mol. The molecule has 0 aromatic heterocycles. The molecule has 2 saturated heterocycles. The highest BCUT2D eigenvalue weighted by atomic mass is 16.7. The maximum absolute atomic E-state index is 14.5. The molecule has 2 amide bonds. The zero-order valence-electron chi connectivity index (χ0n) is 40.9. The number of amides is 2. The fraction of sp³-hybridized carbons (Fsp3) is 0.712. The minimum Gasteiger partial charge on any atom is -0.456 e. The van der Waals surface area contributed by atoms with Crippen LogP contribution in [0.3, 0.4) is 0 Å². The van der Waals surface area contributed by atoms with E-state index in [4.69, 9.17) is 23.7 Å². The minimum absolute atomic E-state index is 0.00350. The average molecular weight is 923 g/mol. The average Bonchev–Trinajstić information content (AvgIpc) is 3.31. The number of hydrogen-bond donors (Lipinski definition) is 3. The Balaban J connectivity index is 1.44. The van der Waals surface area contributed by atoms with Gasteiger partial charge in [0.25, 0.3) is 11.7 Å². The van der Waals surface area contributed by atoms with Crippen LogP contribution in [0.25, 0.3) is 0 Å². The summed E-state index contributed by atoms with van der Waals surface area (Å²) in [6, 6.07) is 8.60. The standard InChI is InChI=1S/C52H78N2O12/c1-10-38-23-31(2)22-32(3)24-44(63-8)48-45(64-9)26-34(5)52(61,66-48)49(58)50(59)54-21-15-14-18-40(54)51(60)65-47(35(6)41(55)29-42(38)56)33(4)25-37-19-20-39(43(27-37)62-7)28-46(57)53-30-36-16-12-11-13-17-36/h11-13,16-17,23,25,32,34-35,37-41,43-45,47-48,55,61H,10,14-15,18-22,24,26-30H2,1-9H3,(H,53,57)/b31-23+,33-25?. The second-order valence-electron chi connectivity index (χ2n) is 19.8. The number of fused-ring (bicyclic) bond motifs is 3. The second-order valence-corrected chi connectivity index (χ2v) is 19.8. The van der Waals surface area contributed by atoms with Crippen LogP contribution in [0.15, 0.2) is 53.6 Å². The molecular formula is C52H78N2O12. The van der Waals surface area contributed by atoms with Gasteiger partial charge in [-0.3, -0.25) is 19.2 Å².